The molecule has 4 heteroatoms. The molecule has 98 valence electrons. The first-order chi connectivity index (χ1) is 8.46. The number of carbonyl (C=O) groups is 1. The van der Waals surface area contributed by atoms with E-state index in [0.29, 0.717) is 0 Å². The molecule has 0 fully saturated rings. The van der Waals surface area contributed by atoms with Crippen LogP contribution in [0.3, 0.4) is 0 Å². The fourth-order valence-electron chi connectivity index (χ4n) is 2.77. The van der Waals surface area contributed by atoms with Crippen LogP contribution in [-0.2, 0) is 16.6 Å². The van der Waals surface area contributed by atoms with Gasteiger partial charge < -0.3 is 15.2 Å². The van der Waals surface area contributed by atoms with Crippen LogP contribution in [0, 0.1) is 0 Å². The van der Waals surface area contributed by atoms with E-state index < -0.39 is 6.09 Å². The highest BCUT2D eigenvalue weighted by Gasteiger charge is 2.39. The molecule has 0 radical (unpaired) electrons. The highest BCUT2D eigenvalue weighted by atomic mass is 16.6. The van der Waals surface area contributed by atoms with Gasteiger partial charge in [0.25, 0.3) is 0 Å². The Bertz CT molecular complexity index is 468. The number of primary amides is 1. The number of carbonyl (C=O) groups excluding carboxylic acids is 1. The van der Waals surface area contributed by atoms with E-state index in [4.69, 9.17) is 15.2 Å². The number of rotatable bonds is 2. The first kappa shape index (κ1) is 12.7. The van der Waals surface area contributed by atoms with Gasteiger partial charge in [0.05, 0.1) is 7.11 Å². The third kappa shape index (κ3) is 2.03. The van der Waals surface area contributed by atoms with E-state index in [0.717, 1.165) is 18.6 Å². The number of benzene rings is 1. The van der Waals surface area contributed by atoms with Gasteiger partial charge in [-0.2, -0.15) is 0 Å². The molecule has 1 atom stereocenters. The van der Waals surface area contributed by atoms with Crippen molar-refractivity contribution >= 4 is 6.09 Å². The lowest BCUT2D eigenvalue weighted by Crippen LogP contribution is -2.42. The Morgan fingerprint density at radius 1 is 1.44 bits per heavy atom. The minimum absolute atomic E-state index is 0.186. The zero-order valence-corrected chi connectivity index (χ0v) is 11.0. The van der Waals surface area contributed by atoms with E-state index in [1.165, 1.54) is 11.1 Å². The highest BCUT2D eigenvalue weighted by molar-refractivity contribution is 5.65. The van der Waals surface area contributed by atoms with Crippen molar-refractivity contribution in [3.63, 3.8) is 0 Å². The van der Waals surface area contributed by atoms with Crippen LogP contribution < -0.4 is 10.5 Å². The zero-order valence-electron chi connectivity index (χ0n) is 11.0. The molecular weight excluding hydrogens is 230 g/mol. The lowest BCUT2D eigenvalue weighted by molar-refractivity contribution is 0.0511. The summed E-state index contributed by atoms with van der Waals surface area (Å²) in [5.41, 5.74) is 7.25. The summed E-state index contributed by atoms with van der Waals surface area (Å²) in [5.74, 6) is 0.901. The van der Waals surface area contributed by atoms with Crippen molar-refractivity contribution in [2.45, 2.75) is 38.2 Å². The molecule has 0 unspecified atom stereocenters. The minimum Gasteiger partial charge on any atom is -0.496 e. The fourth-order valence-corrected chi connectivity index (χ4v) is 2.77. The largest absolute Gasteiger partial charge is 0.496 e. The maximum Gasteiger partial charge on any atom is 0.404 e. The number of ether oxygens (including phenoxy) is 2. The summed E-state index contributed by atoms with van der Waals surface area (Å²) in [5, 5.41) is 0. The highest BCUT2D eigenvalue weighted by Crippen LogP contribution is 2.41. The predicted molar refractivity (Wildman–Crippen MR) is 68.8 cm³/mol. The molecule has 4 nitrogen and oxygen atoms in total. The topological polar surface area (TPSA) is 61.6 Å². The smallest absolute Gasteiger partial charge is 0.404 e. The Morgan fingerprint density at radius 2 is 2.17 bits per heavy atom. The summed E-state index contributed by atoms with van der Waals surface area (Å²) >= 11 is 0. The van der Waals surface area contributed by atoms with Crippen molar-refractivity contribution in [2.24, 2.45) is 5.73 Å². The van der Waals surface area contributed by atoms with Gasteiger partial charge in [0.15, 0.2) is 0 Å². The second-order valence-corrected chi connectivity index (χ2v) is 5.17. The number of hydrogen-bond donors (Lipinski definition) is 1. The summed E-state index contributed by atoms with van der Waals surface area (Å²) < 4.78 is 10.6. The molecule has 1 aromatic rings. The van der Waals surface area contributed by atoms with Gasteiger partial charge in [-0.05, 0) is 30.0 Å². The van der Waals surface area contributed by atoms with Crippen LogP contribution >= 0.6 is 0 Å². The molecule has 1 aliphatic carbocycles. The summed E-state index contributed by atoms with van der Waals surface area (Å²) in [6.45, 7) is 4.14. The van der Waals surface area contributed by atoms with Gasteiger partial charge in [0.2, 0.25) is 0 Å². The van der Waals surface area contributed by atoms with Crippen LogP contribution in [0.15, 0.2) is 18.2 Å². The molecule has 0 saturated carbocycles. The Kier molecular flexibility index (Phi) is 3.20. The van der Waals surface area contributed by atoms with Crippen molar-refractivity contribution < 1.29 is 14.3 Å². The van der Waals surface area contributed by atoms with Gasteiger partial charge in [-0.15, -0.1) is 0 Å². The number of fused-ring (bicyclic) bond motifs is 1. The average molecular weight is 249 g/mol. The first-order valence-electron chi connectivity index (χ1n) is 6.09. The summed E-state index contributed by atoms with van der Waals surface area (Å²) in [7, 11) is 1.68. The molecule has 1 aromatic carbocycles. The lowest BCUT2D eigenvalue weighted by atomic mass is 9.70. The van der Waals surface area contributed by atoms with Gasteiger partial charge in [0.1, 0.15) is 11.9 Å². The van der Waals surface area contributed by atoms with Gasteiger partial charge in [0, 0.05) is 5.41 Å². The van der Waals surface area contributed by atoms with E-state index in [9.17, 15) is 4.79 Å². The van der Waals surface area contributed by atoms with Crippen molar-refractivity contribution in [2.75, 3.05) is 7.11 Å². The number of methoxy groups -OCH3 is 1. The number of amides is 1. The Morgan fingerprint density at radius 3 is 2.78 bits per heavy atom. The van der Waals surface area contributed by atoms with Gasteiger partial charge in [-0.3, -0.25) is 0 Å². The Balaban J connectivity index is 2.42. The Labute approximate surface area is 107 Å². The SMILES string of the molecule is COc1cccc2c1CC[C@H](OC(N)=O)C2(C)C. The molecule has 0 spiro atoms. The molecular formula is C14H19NO3. The van der Waals surface area contributed by atoms with Gasteiger partial charge in [-0.1, -0.05) is 26.0 Å². The van der Waals surface area contributed by atoms with Gasteiger partial charge >= 0.3 is 6.09 Å². The van der Waals surface area contributed by atoms with Crippen LogP contribution in [0.5, 0.6) is 5.75 Å². The van der Waals surface area contributed by atoms with Crippen LogP contribution in [0.1, 0.15) is 31.4 Å². The van der Waals surface area contributed by atoms with Gasteiger partial charge in [-0.25, -0.2) is 4.79 Å². The Hall–Kier alpha value is -1.71. The normalized spacial score (nSPS) is 20.9. The molecule has 18 heavy (non-hydrogen) atoms. The molecule has 0 bridgehead atoms. The molecule has 0 saturated heterocycles. The summed E-state index contributed by atoms with van der Waals surface area (Å²) in [6.07, 6.45) is 0.707. The fraction of sp³-hybridized carbons (Fsp3) is 0.500. The van der Waals surface area contributed by atoms with E-state index in [1.54, 1.807) is 7.11 Å². The monoisotopic (exact) mass is 249 g/mol. The van der Waals surface area contributed by atoms with Crippen molar-refractivity contribution in [3.05, 3.63) is 29.3 Å². The van der Waals surface area contributed by atoms with Crippen LogP contribution in [0.4, 0.5) is 4.79 Å². The van der Waals surface area contributed by atoms with Crippen molar-refractivity contribution in [3.8, 4) is 5.75 Å². The molecule has 0 aliphatic heterocycles. The second-order valence-electron chi connectivity index (χ2n) is 5.17. The van der Waals surface area contributed by atoms with E-state index in [1.807, 2.05) is 12.1 Å². The summed E-state index contributed by atoms with van der Waals surface area (Å²) in [6, 6.07) is 5.99. The maximum absolute atomic E-state index is 11.0. The maximum atomic E-state index is 11.0. The first-order valence-corrected chi connectivity index (χ1v) is 6.09. The minimum atomic E-state index is -0.709. The zero-order chi connectivity index (χ0) is 13.3. The van der Waals surface area contributed by atoms with Crippen LogP contribution in [0.2, 0.25) is 0 Å². The second kappa shape index (κ2) is 4.52. The third-order valence-electron chi connectivity index (χ3n) is 3.77. The van der Waals surface area contributed by atoms with Crippen molar-refractivity contribution in [1.82, 2.24) is 0 Å². The lowest BCUT2D eigenvalue weighted by Gasteiger charge is -2.39. The van der Waals surface area contributed by atoms with Crippen molar-refractivity contribution in [1.29, 1.82) is 0 Å². The number of hydrogen-bond acceptors (Lipinski definition) is 3. The van der Waals surface area contributed by atoms with E-state index in [-0.39, 0.29) is 11.5 Å². The average Bonchev–Trinajstić information content (AvgIpc) is 2.32. The molecule has 0 aromatic heterocycles. The predicted octanol–water partition coefficient (Wildman–Crippen LogP) is 2.38. The van der Waals surface area contributed by atoms with E-state index in [2.05, 4.69) is 19.9 Å². The third-order valence-corrected chi connectivity index (χ3v) is 3.77. The molecule has 2 N–H and O–H groups in total. The summed E-state index contributed by atoms with van der Waals surface area (Å²) in [4.78, 5) is 11.0. The quantitative estimate of drug-likeness (QED) is 0.875. The molecule has 1 amide bonds. The van der Waals surface area contributed by atoms with Crippen LogP contribution in [0.25, 0.3) is 0 Å². The number of nitrogens with two attached hydrogens (primary N) is 1. The molecule has 2 rings (SSSR count). The van der Waals surface area contributed by atoms with Crippen LogP contribution in [-0.4, -0.2) is 19.3 Å². The standard InChI is InChI=1S/C14H19NO3/c1-14(2)10-5-4-6-11(17-3)9(10)7-8-12(14)18-13(15)16/h4-6,12H,7-8H2,1-3H3,(H2,15,16)/t12-/m0/s1. The molecule has 1 aliphatic rings. The van der Waals surface area contributed by atoms with E-state index >= 15 is 0 Å². The molecule has 0 heterocycles.